The molecule has 2 aromatic rings. The molecule has 0 aliphatic heterocycles. The number of aliphatic hydroxyl groups is 1. The van der Waals surface area contributed by atoms with E-state index < -0.39 is 0 Å². The number of hydrogen-bond donors (Lipinski definition) is 1. The van der Waals surface area contributed by atoms with Crippen molar-refractivity contribution in [2.24, 2.45) is 7.05 Å². The predicted molar refractivity (Wildman–Crippen MR) is 72.3 cm³/mol. The zero-order valence-electron chi connectivity index (χ0n) is 8.91. The van der Waals surface area contributed by atoms with Gasteiger partial charge in [0.15, 0.2) is 0 Å². The molecular formula is C11H9BrCl2N2O. The van der Waals surface area contributed by atoms with Crippen LogP contribution in [0.1, 0.15) is 5.69 Å². The third kappa shape index (κ3) is 2.36. The van der Waals surface area contributed by atoms with Crippen LogP contribution in [-0.2, 0) is 13.7 Å². The van der Waals surface area contributed by atoms with Gasteiger partial charge in [0.2, 0.25) is 0 Å². The maximum Gasteiger partial charge on any atom is 0.142 e. The van der Waals surface area contributed by atoms with Gasteiger partial charge in [0, 0.05) is 17.6 Å². The van der Waals surface area contributed by atoms with Gasteiger partial charge in [-0.1, -0.05) is 23.2 Å². The maximum absolute atomic E-state index is 9.23. The van der Waals surface area contributed by atoms with Crippen molar-refractivity contribution in [1.82, 2.24) is 9.55 Å². The molecule has 3 nitrogen and oxygen atoms in total. The second kappa shape index (κ2) is 4.98. The van der Waals surface area contributed by atoms with E-state index in [1.54, 1.807) is 22.8 Å². The summed E-state index contributed by atoms with van der Waals surface area (Å²) in [7, 11) is 1.82. The van der Waals surface area contributed by atoms with Crippen LogP contribution in [0.25, 0.3) is 11.4 Å². The van der Waals surface area contributed by atoms with Gasteiger partial charge in [-0.3, -0.25) is 0 Å². The fourth-order valence-corrected chi connectivity index (χ4v) is 2.63. The van der Waals surface area contributed by atoms with Gasteiger partial charge in [-0.05, 0) is 34.1 Å². The van der Waals surface area contributed by atoms with Crippen molar-refractivity contribution in [3.05, 3.63) is 38.5 Å². The second-order valence-corrected chi connectivity index (χ2v) is 5.11. The Kier molecular flexibility index (Phi) is 3.78. The first-order valence-corrected chi connectivity index (χ1v) is 6.37. The highest BCUT2D eigenvalue weighted by Gasteiger charge is 2.15. The van der Waals surface area contributed by atoms with Crippen molar-refractivity contribution in [2.45, 2.75) is 6.61 Å². The highest BCUT2D eigenvalue weighted by Crippen LogP contribution is 2.31. The standard InChI is InChI=1S/C11H9BrCl2N2O/c1-16-9(5-17)10(12)15-11(16)7-3-2-6(13)4-8(7)14/h2-4,17H,5H2,1H3. The summed E-state index contributed by atoms with van der Waals surface area (Å²) in [5, 5.41) is 10.3. The molecule has 1 aromatic carbocycles. The lowest BCUT2D eigenvalue weighted by Crippen LogP contribution is -1.98. The Hall–Kier alpha value is -0.550. The summed E-state index contributed by atoms with van der Waals surface area (Å²) in [6.45, 7) is -0.0880. The molecule has 0 amide bonds. The Morgan fingerprint density at radius 3 is 2.65 bits per heavy atom. The van der Waals surface area contributed by atoms with Gasteiger partial charge >= 0.3 is 0 Å². The first-order chi connectivity index (χ1) is 8.04. The Balaban J connectivity index is 2.61. The number of imidazole rings is 1. The number of aromatic nitrogens is 2. The number of hydrogen-bond acceptors (Lipinski definition) is 2. The van der Waals surface area contributed by atoms with Gasteiger partial charge in [0.1, 0.15) is 10.4 Å². The molecule has 6 heteroatoms. The van der Waals surface area contributed by atoms with Crippen molar-refractivity contribution >= 4 is 39.1 Å². The molecule has 90 valence electrons. The third-order valence-corrected chi connectivity index (χ3v) is 3.67. The van der Waals surface area contributed by atoms with Crippen LogP contribution in [0.15, 0.2) is 22.8 Å². The van der Waals surface area contributed by atoms with Crippen molar-refractivity contribution in [3.8, 4) is 11.4 Å². The van der Waals surface area contributed by atoms with E-state index in [1.165, 1.54) is 0 Å². The van der Waals surface area contributed by atoms with E-state index in [4.69, 9.17) is 23.2 Å². The number of aliphatic hydroxyl groups excluding tert-OH is 1. The maximum atomic E-state index is 9.23. The monoisotopic (exact) mass is 334 g/mol. The number of nitrogens with zero attached hydrogens (tertiary/aromatic N) is 2. The molecular weight excluding hydrogens is 327 g/mol. The fourth-order valence-electron chi connectivity index (χ4n) is 1.58. The average molecular weight is 336 g/mol. The van der Waals surface area contributed by atoms with Crippen LogP contribution < -0.4 is 0 Å². The summed E-state index contributed by atoms with van der Waals surface area (Å²) in [5.74, 6) is 0.683. The summed E-state index contributed by atoms with van der Waals surface area (Å²) >= 11 is 15.3. The average Bonchev–Trinajstić information content (AvgIpc) is 2.54. The van der Waals surface area contributed by atoms with Crippen LogP contribution in [0.3, 0.4) is 0 Å². The number of benzene rings is 1. The van der Waals surface area contributed by atoms with Crippen molar-refractivity contribution in [1.29, 1.82) is 0 Å². The highest BCUT2D eigenvalue weighted by atomic mass is 79.9. The van der Waals surface area contributed by atoms with E-state index in [1.807, 2.05) is 7.05 Å². The van der Waals surface area contributed by atoms with Crippen LogP contribution in [0.5, 0.6) is 0 Å². The third-order valence-electron chi connectivity index (χ3n) is 2.49. The fraction of sp³-hybridized carbons (Fsp3) is 0.182. The lowest BCUT2D eigenvalue weighted by atomic mass is 10.2. The summed E-state index contributed by atoms with van der Waals surface area (Å²) in [5.41, 5.74) is 1.48. The summed E-state index contributed by atoms with van der Waals surface area (Å²) in [4.78, 5) is 4.33. The molecule has 0 radical (unpaired) electrons. The molecule has 1 aromatic heterocycles. The first-order valence-electron chi connectivity index (χ1n) is 4.82. The molecule has 0 fully saturated rings. The smallest absolute Gasteiger partial charge is 0.142 e. The van der Waals surface area contributed by atoms with Crippen molar-refractivity contribution < 1.29 is 5.11 Å². The Bertz CT molecular complexity index is 569. The molecule has 17 heavy (non-hydrogen) atoms. The summed E-state index contributed by atoms with van der Waals surface area (Å²) in [6, 6.07) is 5.23. The van der Waals surface area contributed by atoms with Gasteiger partial charge in [-0.15, -0.1) is 0 Å². The van der Waals surface area contributed by atoms with E-state index in [9.17, 15) is 5.11 Å². The van der Waals surface area contributed by atoms with Gasteiger partial charge in [-0.25, -0.2) is 4.98 Å². The normalized spacial score (nSPS) is 10.9. The van der Waals surface area contributed by atoms with Gasteiger partial charge in [0.25, 0.3) is 0 Å². The molecule has 0 unspecified atom stereocenters. The lowest BCUT2D eigenvalue weighted by molar-refractivity contribution is 0.272. The van der Waals surface area contributed by atoms with Crippen molar-refractivity contribution in [3.63, 3.8) is 0 Å². The Morgan fingerprint density at radius 2 is 2.12 bits per heavy atom. The molecule has 1 N–H and O–H groups in total. The largest absolute Gasteiger partial charge is 0.390 e. The highest BCUT2D eigenvalue weighted by molar-refractivity contribution is 9.10. The Morgan fingerprint density at radius 1 is 1.41 bits per heavy atom. The van der Waals surface area contributed by atoms with Crippen LogP contribution >= 0.6 is 39.1 Å². The van der Waals surface area contributed by atoms with Crippen LogP contribution in [0.2, 0.25) is 10.0 Å². The lowest BCUT2D eigenvalue weighted by Gasteiger charge is -2.06. The quantitative estimate of drug-likeness (QED) is 0.909. The molecule has 1 heterocycles. The molecule has 0 saturated heterocycles. The van der Waals surface area contributed by atoms with E-state index >= 15 is 0 Å². The number of rotatable bonds is 2. The minimum absolute atomic E-state index is 0.0880. The topological polar surface area (TPSA) is 38.0 Å². The van der Waals surface area contributed by atoms with E-state index in [-0.39, 0.29) is 6.61 Å². The van der Waals surface area contributed by atoms with E-state index in [0.29, 0.717) is 26.2 Å². The van der Waals surface area contributed by atoms with E-state index in [0.717, 1.165) is 5.56 Å². The van der Waals surface area contributed by atoms with Crippen molar-refractivity contribution in [2.75, 3.05) is 0 Å². The van der Waals surface area contributed by atoms with Gasteiger partial charge in [0.05, 0.1) is 17.3 Å². The molecule has 0 bridgehead atoms. The SMILES string of the molecule is Cn1c(-c2ccc(Cl)cc2Cl)nc(Br)c1CO. The van der Waals surface area contributed by atoms with Crippen LogP contribution in [0.4, 0.5) is 0 Å². The van der Waals surface area contributed by atoms with Crippen LogP contribution in [0, 0.1) is 0 Å². The van der Waals surface area contributed by atoms with Gasteiger partial charge in [-0.2, -0.15) is 0 Å². The molecule has 2 rings (SSSR count). The second-order valence-electron chi connectivity index (χ2n) is 3.51. The van der Waals surface area contributed by atoms with E-state index in [2.05, 4.69) is 20.9 Å². The minimum Gasteiger partial charge on any atom is -0.390 e. The molecule has 0 atom stereocenters. The van der Waals surface area contributed by atoms with Crippen LogP contribution in [-0.4, -0.2) is 14.7 Å². The summed E-state index contributed by atoms with van der Waals surface area (Å²) < 4.78 is 2.41. The molecule has 0 spiro atoms. The predicted octanol–water partition coefficient (Wildman–Crippen LogP) is 3.65. The first kappa shape index (κ1) is 12.9. The Labute approximate surface area is 117 Å². The molecule has 0 saturated carbocycles. The number of halogens is 3. The molecule has 0 aliphatic carbocycles. The summed E-state index contributed by atoms with van der Waals surface area (Å²) in [6.07, 6.45) is 0. The molecule has 0 aliphatic rings. The van der Waals surface area contributed by atoms with Gasteiger partial charge < -0.3 is 9.67 Å². The zero-order chi connectivity index (χ0) is 12.6. The zero-order valence-corrected chi connectivity index (χ0v) is 12.0. The minimum atomic E-state index is -0.0880.